The largest absolute Gasteiger partial charge is 0.478 e. The average molecular weight is 563 g/mol. The van der Waals surface area contributed by atoms with Gasteiger partial charge in [-0.3, -0.25) is 4.79 Å². The van der Waals surface area contributed by atoms with E-state index in [4.69, 9.17) is 10.8 Å². The van der Waals surface area contributed by atoms with Gasteiger partial charge in [0.2, 0.25) is 0 Å². The van der Waals surface area contributed by atoms with Crippen LogP contribution in [0.5, 0.6) is 0 Å². The van der Waals surface area contributed by atoms with E-state index < -0.39 is 5.97 Å². The molecular formula is C17H15I2N3O3. The van der Waals surface area contributed by atoms with Gasteiger partial charge in [0.1, 0.15) is 0 Å². The zero-order valence-corrected chi connectivity index (χ0v) is 17.7. The first kappa shape index (κ1) is 19.6. The van der Waals surface area contributed by atoms with Crippen molar-refractivity contribution in [3.05, 3.63) is 64.8 Å². The van der Waals surface area contributed by atoms with E-state index in [0.717, 1.165) is 23.8 Å². The van der Waals surface area contributed by atoms with Crippen LogP contribution in [0.4, 0.5) is 5.69 Å². The van der Waals surface area contributed by atoms with Crippen LogP contribution in [0, 0.1) is 21.0 Å². The predicted molar refractivity (Wildman–Crippen MR) is 115 cm³/mol. The Bertz CT molecular complexity index is 1020. The molecule has 0 unspecified atom stereocenters. The van der Waals surface area contributed by atoms with Gasteiger partial charge in [-0.1, -0.05) is 12.1 Å². The zero-order chi connectivity index (χ0) is 18.7. The van der Waals surface area contributed by atoms with Crippen molar-refractivity contribution in [1.82, 2.24) is 9.97 Å². The van der Waals surface area contributed by atoms with E-state index in [1.807, 2.05) is 42.5 Å². The Morgan fingerprint density at radius 3 is 2.36 bits per heavy atom. The number of anilines is 1. The Morgan fingerprint density at radius 2 is 1.72 bits per heavy atom. The van der Waals surface area contributed by atoms with Gasteiger partial charge in [-0.05, 0) is 82.3 Å². The molecule has 6 nitrogen and oxygen atoms in total. The van der Waals surface area contributed by atoms with E-state index in [1.165, 1.54) is 12.4 Å². The van der Waals surface area contributed by atoms with Crippen molar-refractivity contribution < 1.29 is 9.90 Å². The highest BCUT2D eigenvalue weighted by molar-refractivity contribution is 14.1. The number of H-pyrrole nitrogens is 1. The number of aromatic nitrogens is 2. The molecule has 0 aliphatic carbocycles. The fraction of sp³-hybridized carbons (Fsp3) is 0.118. The van der Waals surface area contributed by atoms with Gasteiger partial charge in [0, 0.05) is 7.14 Å². The normalized spacial score (nSPS) is 10.2. The number of rotatable bonds is 1. The van der Waals surface area contributed by atoms with Gasteiger partial charge in [-0.25, -0.2) is 9.78 Å². The number of benzene rings is 2. The lowest BCUT2D eigenvalue weighted by molar-refractivity contribution is 0.0698. The van der Waals surface area contributed by atoms with Gasteiger partial charge in [-0.15, -0.1) is 0 Å². The number of aromatic amines is 1. The minimum atomic E-state index is -0.981. The van der Waals surface area contributed by atoms with E-state index in [-0.39, 0.29) is 11.1 Å². The number of fused-ring (bicyclic) bond motifs is 1. The van der Waals surface area contributed by atoms with Crippen LogP contribution in [0.15, 0.2) is 35.4 Å². The number of aromatic carboxylic acids is 1. The van der Waals surface area contributed by atoms with Crippen LogP contribution in [0.1, 0.15) is 21.5 Å². The minimum absolute atomic E-state index is 0.0806. The number of hydrogen-bond donors (Lipinski definition) is 3. The number of halogens is 2. The monoisotopic (exact) mass is 563 g/mol. The van der Waals surface area contributed by atoms with Gasteiger partial charge >= 0.3 is 5.97 Å². The Balaban J connectivity index is 0.000000181. The first-order valence-corrected chi connectivity index (χ1v) is 9.30. The lowest BCUT2D eigenvalue weighted by atomic mass is 10.1. The summed E-state index contributed by atoms with van der Waals surface area (Å²) >= 11 is 4.24. The maximum absolute atomic E-state index is 11.3. The molecule has 25 heavy (non-hydrogen) atoms. The SMILES string of the molecule is Cc1ccc(C(=O)O)c(N)c1I.Cc1ccc2c(=O)[nH]cnc2c1I. The smallest absolute Gasteiger partial charge is 0.337 e. The Hall–Kier alpha value is -1.69. The van der Waals surface area contributed by atoms with E-state index in [0.29, 0.717) is 11.1 Å². The number of aryl methyl sites for hydroxylation is 2. The van der Waals surface area contributed by atoms with Crippen LogP contribution < -0.4 is 11.3 Å². The molecule has 0 spiro atoms. The fourth-order valence-corrected chi connectivity index (χ4v) is 3.18. The van der Waals surface area contributed by atoms with Crippen molar-refractivity contribution in [2.24, 2.45) is 0 Å². The highest BCUT2D eigenvalue weighted by atomic mass is 127. The van der Waals surface area contributed by atoms with Crippen molar-refractivity contribution in [3.8, 4) is 0 Å². The second-order valence-corrected chi connectivity index (χ2v) is 7.44. The molecule has 130 valence electrons. The van der Waals surface area contributed by atoms with E-state index in [9.17, 15) is 9.59 Å². The number of carboxylic acids is 1. The molecular weight excluding hydrogens is 548 g/mol. The number of nitrogen functional groups attached to an aromatic ring is 1. The summed E-state index contributed by atoms with van der Waals surface area (Å²) in [5.41, 5.74) is 8.96. The molecule has 4 N–H and O–H groups in total. The number of nitrogens with one attached hydrogen (secondary N) is 1. The number of nitrogens with zero attached hydrogens (tertiary/aromatic N) is 1. The molecule has 0 fully saturated rings. The van der Waals surface area contributed by atoms with E-state index >= 15 is 0 Å². The summed E-state index contributed by atoms with van der Waals surface area (Å²) in [4.78, 5) is 28.6. The molecule has 8 heteroatoms. The summed E-state index contributed by atoms with van der Waals surface area (Å²) < 4.78 is 1.86. The lowest BCUT2D eigenvalue weighted by Gasteiger charge is -2.05. The van der Waals surface area contributed by atoms with Gasteiger partial charge in [0.25, 0.3) is 5.56 Å². The molecule has 1 aromatic heterocycles. The summed E-state index contributed by atoms with van der Waals surface area (Å²) in [7, 11) is 0. The third-order valence-corrected chi connectivity index (χ3v) is 6.34. The third-order valence-electron chi connectivity index (χ3n) is 3.55. The fourth-order valence-electron chi connectivity index (χ4n) is 2.10. The third kappa shape index (κ3) is 4.29. The van der Waals surface area contributed by atoms with Crippen molar-refractivity contribution in [2.75, 3.05) is 5.73 Å². The first-order chi connectivity index (χ1) is 11.7. The van der Waals surface area contributed by atoms with Crippen molar-refractivity contribution >= 4 is 67.7 Å². The summed E-state index contributed by atoms with van der Waals surface area (Å²) in [6.07, 6.45) is 1.44. The summed E-state index contributed by atoms with van der Waals surface area (Å²) in [5.74, 6) is -0.981. The molecule has 1 heterocycles. The number of carbonyl (C=O) groups is 1. The van der Waals surface area contributed by atoms with Crippen LogP contribution in [0.2, 0.25) is 0 Å². The predicted octanol–water partition coefficient (Wildman–Crippen LogP) is 3.72. The second-order valence-electron chi connectivity index (χ2n) is 5.29. The molecule has 2 aromatic carbocycles. The maximum Gasteiger partial charge on any atom is 0.337 e. The summed E-state index contributed by atoms with van der Waals surface area (Å²) in [6.45, 7) is 3.90. The van der Waals surface area contributed by atoms with Crippen LogP contribution in [-0.2, 0) is 0 Å². The molecule has 0 atom stereocenters. The van der Waals surface area contributed by atoms with Gasteiger partial charge < -0.3 is 15.8 Å². The highest BCUT2D eigenvalue weighted by Crippen LogP contribution is 2.23. The van der Waals surface area contributed by atoms with Crippen LogP contribution in [-0.4, -0.2) is 21.0 Å². The molecule has 0 aliphatic heterocycles. The minimum Gasteiger partial charge on any atom is -0.478 e. The molecule has 0 saturated heterocycles. The Labute approximate surface area is 171 Å². The molecule has 0 radical (unpaired) electrons. The Morgan fingerprint density at radius 1 is 1.12 bits per heavy atom. The van der Waals surface area contributed by atoms with Crippen LogP contribution in [0.25, 0.3) is 10.9 Å². The zero-order valence-electron chi connectivity index (χ0n) is 13.4. The standard InChI is InChI=1S/C9H7IN2O.C8H8INO2/c1-5-2-3-6-8(7(5)10)11-4-12-9(6)13;1-4-2-3-5(8(11)12)7(10)6(4)9/h2-4H,1H3,(H,11,12,13);2-3H,10H2,1H3,(H,11,12). The number of carboxylic acid groups (broad SMARTS) is 1. The molecule has 0 aliphatic rings. The number of nitrogens with two attached hydrogens (primary N) is 1. The average Bonchev–Trinajstić information content (AvgIpc) is 2.57. The topological polar surface area (TPSA) is 109 Å². The summed E-state index contributed by atoms with van der Waals surface area (Å²) in [6, 6.07) is 7.01. The molecule has 0 bridgehead atoms. The van der Waals surface area contributed by atoms with E-state index in [2.05, 4.69) is 32.6 Å². The molecule has 0 saturated carbocycles. The van der Waals surface area contributed by atoms with Gasteiger partial charge in [0.05, 0.1) is 28.5 Å². The van der Waals surface area contributed by atoms with Gasteiger partial charge in [-0.2, -0.15) is 0 Å². The van der Waals surface area contributed by atoms with E-state index in [1.54, 1.807) is 12.1 Å². The lowest BCUT2D eigenvalue weighted by Crippen LogP contribution is -2.07. The van der Waals surface area contributed by atoms with Crippen molar-refractivity contribution in [1.29, 1.82) is 0 Å². The second kappa shape index (κ2) is 8.13. The quantitative estimate of drug-likeness (QED) is 0.309. The molecule has 0 amide bonds. The highest BCUT2D eigenvalue weighted by Gasteiger charge is 2.11. The summed E-state index contributed by atoms with van der Waals surface area (Å²) in [5, 5.41) is 9.35. The molecule has 3 rings (SSSR count). The van der Waals surface area contributed by atoms with Crippen LogP contribution in [0.3, 0.4) is 0 Å². The Kier molecular flexibility index (Phi) is 6.38. The number of hydrogen-bond acceptors (Lipinski definition) is 4. The van der Waals surface area contributed by atoms with Crippen molar-refractivity contribution in [3.63, 3.8) is 0 Å². The maximum atomic E-state index is 11.3. The van der Waals surface area contributed by atoms with Gasteiger partial charge in [0.15, 0.2) is 0 Å². The molecule has 3 aromatic rings. The van der Waals surface area contributed by atoms with Crippen LogP contribution >= 0.6 is 45.2 Å². The van der Waals surface area contributed by atoms with Crippen molar-refractivity contribution in [2.45, 2.75) is 13.8 Å². The first-order valence-electron chi connectivity index (χ1n) is 7.14.